The van der Waals surface area contributed by atoms with E-state index < -0.39 is 16.2 Å². The normalized spacial score (nSPS) is 36.0. The molecule has 1 saturated carbocycles. The Morgan fingerprint density at radius 1 is 1.00 bits per heavy atom. The molecule has 0 spiro atoms. The quantitative estimate of drug-likeness (QED) is 0.799. The van der Waals surface area contributed by atoms with Gasteiger partial charge in [-0.25, -0.2) is 12.8 Å². The van der Waals surface area contributed by atoms with Crippen molar-refractivity contribution in [3.8, 4) is 0 Å². The van der Waals surface area contributed by atoms with Crippen molar-refractivity contribution in [2.24, 2.45) is 5.92 Å². The van der Waals surface area contributed by atoms with Crippen LogP contribution in [0.5, 0.6) is 0 Å². The molecule has 3 fully saturated rings. The molecule has 0 bridgehead atoms. The first kappa shape index (κ1) is 15.7. The summed E-state index contributed by atoms with van der Waals surface area (Å²) in [6.45, 7) is 3.63. The molecule has 21 heavy (non-hydrogen) atoms. The molecule has 122 valence electrons. The highest BCUT2D eigenvalue weighted by Gasteiger charge is 2.36. The number of hydrogen-bond acceptors (Lipinski definition) is 3. The number of alkyl halides is 1. The van der Waals surface area contributed by atoms with Crippen molar-refractivity contribution in [3.05, 3.63) is 0 Å². The fourth-order valence-electron chi connectivity index (χ4n) is 4.22. The van der Waals surface area contributed by atoms with Crippen LogP contribution in [0.15, 0.2) is 0 Å². The highest BCUT2D eigenvalue weighted by molar-refractivity contribution is 7.89. The molecule has 2 aliphatic heterocycles. The molecule has 2 atom stereocenters. The maximum absolute atomic E-state index is 13.4. The summed E-state index contributed by atoms with van der Waals surface area (Å²) in [7, 11) is -2.97. The number of sulfonamides is 1. The molecule has 2 unspecified atom stereocenters. The van der Waals surface area contributed by atoms with Crippen molar-refractivity contribution in [3.63, 3.8) is 0 Å². The maximum atomic E-state index is 13.4. The first-order valence-corrected chi connectivity index (χ1v) is 10.0. The van der Waals surface area contributed by atoms with Crippen LogP contribution >= 0.6 is 0 Å². The van der Waals surface area contributed by atoms with E-state index in [0.29, 0.717) is 18.2 Å². The minimum Gasteiger partial charge on any atom is -0.303 e. The van der Waals surface area contributed by atoms with Gasteiger partial charge in [-0.2, -0.15) is 4.31 Å². The third-order valence-corrected chi connectivity index (χ3v) is 7.34. The van der Waals surface area contributed by atoms with Crippen LogP contribution in [0.1, 0.15) is 44.9 Å². The Labute approximate surface area is 127 Å². The lowest BCUT2D eigenvalue weighted by molar-refractivity contribution is 0.113. The Kier molecular flexibility index (Phi) is 4.86. The van der Waals surface area contributed by atoms with E-state index in [9.17, 15) is 12.8 Å². The molecule has 0 amide bonds. The minimum atomic E-state index is -2.97. The van der Waals surface area contributed by atoms with E-state index in [2.05, 4.69) is 4.90 Å². The summed E-state index contributed by atoms with van der Waals surface area (Å²) in [6, 6.07) is 0.203. The van der Waals surface area contributed by atoms with Gasteiger partial charge in [0.15, 0.2) is 0 Å². The van der Waals surface area contributed by atoms with Gasteiger partial charge >= 0.3 is 0 Å². The minimum absolute atomic E-state index is 0.203. The van der Waals surface area contributed by atoms with Gasteiger partial charge in [-0.15, -0.1) is 0 Å². The van der Waals surface area contributed by atoms with E-state index in [1.165, 1.54) is 0 Å². The first-order chi connectivity index (χ1) is 10.0. The molecule has 3 aliphatic rings. The molecule has 2 saturated heterocycles. The van der Waals surface area contributed by atoms with Crippen LogP contribution in [0.4, 0.5) is 4.39 Å². The molecule has 4 nitrogen and oxygen atoms in total. The summed E-state index contributed by atoms with van der Waals surface area (Å²) in [4.78, 5) is 2.42. The van der Waals surface area contributed by atoms with Crippen molar-refractivity contribution in [2.45, 2.75) is 57.2 Å². The van der Waals surface area contributed by atoms with Crippen LogP contribution in [-0.4, -0.2) is 61.8 Å². The highest BCUT2D eigenvalue weighted by atomic mass is 32.2. The van der Waals surface area contributed by atoms with Crippen molar-refractivity contribution in [2.75, 3.05) is 31.9 Å². The van der Waals surface area contributed by atoms with Crippen molar-refractivity contribution in [1.82, 2.24) is 9.21 Å². The topological polar surface area (TPSA) is 40.6 Å². The molecule has 0 aromatic heterocycles. The van der Waals surface area contributed by atoms with E-state index in [4.69, 9.17) is 0 Å². The summed E-state index contributed by atoms with van der Waals surface area (Å²) >= 11 is 0. The molecule has 0 radical (unpaired) electrons. The summed E-state index contributed by atoms with van der Waals surface area (Å²) in [5, 5.41) is 0. The van der Waals surface area contributed by atoms with Crippen LogP contribution in [0.2, 0.25) is 0 Å². The monoisotopic (exact) mass is 318 g/mol. The number of halogens is 1. The second kappa shape index (κ2) is 6.50. The van der Waals surface area contributed by atoms with Gasteiger partial charge in [-0.05, 0) is 57.5 Å². The van der Waals surface area contributed by atoms with Crippen molar-refractivity contribution < 1.29 is 12.8 Å². The first-order valence-electron chi connectivity index (χ1n) is 8.40. The molecular weight excluding hydrogens is 291 g/mol. The third-order valence-electron chi connectivity index (χ3n) is 5.34. The second-order valence-corrected chi connectivity index (χ2v) is 8.98. The average Bonchev–Trinajstić information content (AvgIpc) is 2.79. The number of piperidine rings is 1. The zero-order valence-corrected chi connectivity index (χ0v) is 13.5. The van der Waals surface area contributed by atoms with Crippen LogP contribution in [0, 0.1) is 5.92 Å². The third kappa shape index (κ3) is 3.77. The molecule has 0 N–H and O–H groups in total. The van der Waals surface area contributed by atoms with Gasteiger partial charge in [0.25, 0.3) is 0 Å². The number of hydrogen-bond donors (Lipinski definition) is 0. The molecule has 1 aliphatic carbocycles. The molecule has 0 aromatic rings. The molecule has 0 aromatic carbocycles. The number of rotatable bonds is 3. The van der Waals surface area contributed by atoms with Crippen LogP contribution < -0.4 is 0 Å². The largest absolute Gasteiger partial charge is 0.303 e. The lowest BCUT2D eigenvalue weighted by Gasteiger charge is -2.38. The van der Waals surface area contributed by atoms with Crippen LogP contribution in [-0.2, 0) is 10.0 Å². The van der Waals surface area contributed by atoms with Gasteiger partial charge in [-0.3, -0.25) is 0 Å². The zero-order chi connectivity index (χ0) is 14.9. The van der Waals surface area contributed by atoms with E-state index in [1.54, 1.807) is 4.31 Å². The molecular formula is C15H27FN2O2S. The smallest absolute Gasteiger partial charge is 0.214 e. The van der Waals surface area contributed by atoms with Crippen LogP contribution in [0.3, 0.4) is 0 Å². The molecule has 2 heterocycles. The van der Waals surface area contributed by atoms with E-state index in [0.717, 1.165) is 64.6 Å². The second-order valence-electron chi connectivity index (χ2n) is 6.94. The van der Waals surface area contributed by atoms with Gasteiger partial charge < -0.3 is 4.90 Å². The van der Waals surface area contributed by atoms with E-state index >= 15 is 0 Å². The van der Waals surface area contributed by atoms with Gasteiger partial charge in [0, 0.05) is 19.1 Å². The van der Waals surface area contributed by atoms with Crippen molar-refractivity contribution >= 4 is 10.0 Å². The van der Waals surface area contributed by atoms with Gasteiger partial charge in [0.05, 0.1) is 5.75 Å². The highest BCUT2D eigenvalue weighted by Crippen LogP contribution is 2.29. The predicted octanol–water partition coefficient (Wildman–Crippen LogP) is 2.01. The van der Waals surface area contributed by atoms with Gasteiger partial charge in [0.2, 0.25) is 10.0 Å². The fourth-order valence-corrected chi connectivity index (χ4v) is 6.02. The summed E-state index contributed by atoms with van der Waals surface area (Å²) in [6.07, 6.45) is 5.69. The lowest BCUT2D eigenvalue weighted by atomic mass is 9.87. The fraction of sp³-hybridized carbons (Fsp3) is 1.00. The summed E-state index contributed by atoms with van der Waals surface area (Å²) in [5.74, 6) is 0.827. The molecule has 3 rings (SSSR count). The Morgan fingerprint density at radius 2 is 1.76 bits per heavy atom. The standard InChI is InChI=1S/C15H27FN2O2S/c16-14-4-1-3-13(11-14)12-17-8-5-15(6-9-17)18-7-2-10-21(18,19)20/h13-15H,1-12H2. The lowest BCUT2D eigenvalue weighted by Crippen LogP contribution is -2.46. The summed E-state index contributed by atoms with van der Waals surface area (Å²) < 4.78 is 39.1. The van der Waals surface area contributed by atoms with E-state index in [1.807, 2.05) is 0 Å². The SMILES string of the molecule is O=S1(=O)CCCN1C1CCN(CC2CCCC(F)C2)CC1. The summed E-state index contributed by atoms with van der Waals surface area (Å²) in [5.41, 5.74) is 0. The molecule has 6 heteroatoms. The number of nitrogens with zero attached hydrogens (tertiary/aromatic N) is 2. The Balaban J connectivity index is 1.47. The Morgan fingerprint density at radius 3 is 2.38 bits per heavy atom. The average molecular weight is 318 g/mol. The Hall–Kier alpha value is -0.200. The van der Waals surface area contributed by atoms with Gasteiger partial charge in [-0.1, -0.05) is 6.42 Å². The zero-order valence-electron chi connectivity index (χ0n) is 12.7. The number of likely N-dealkylation sites (tertiary alicyclic amines) is 1. The van der Waals surface area contributed by atoms with Gasteiger partial charge in [0.1, 0.15) is 6.17 Å². The maximum Gasteiger partial charge on any atom is 0.214 e. The van der Waals surface area contributed by atoms with E-state index in [-0.39, 0.29) is 6.04 Å². The van der Waals surface area contributed by atoms with Crippen LogP contribution in [0.25, 0.3) is 0 Å². The van der Waals surface area contributed by atoms with Crippen molar-refractivity contribution in [1.29, 1.82) is 0 Å². The Bertz CT molecular complexity index is 449. The predicted molar refractivity (Wildman–Crippen MR) is 81.4 cm³/mol.